The van der Waals surface area contributed by atoms with Gasteiger partial charge in [-0.05, 0) is 54.4 Å². The Hall–Kier alpha value is -6.04. The summed E-state index contributed by atoms with van der Waals surface area (Å²) in [5.41, 5.74) is 12.5. The maximum atomic E-state index is 14.3. The number of hydrogen-bond donors (Lipinski definition) is 10. The van der Waals surface area contributed by atoms with Crippen LogP contribution in [0.5, 0.6) is 5.75 Å². The SMILES string of the molecule is CC(C)[C@H](NC(=O)[C@H](CC(=O)O)NC(=O)[C@H](NC(=O)[C@@H](C)NC(=O)[C@@H](N)Cc1ccc(O)cc1)[C@H](c1ccccc1)C(C)C)C(=O)N[C@H](C(=O)NCC(N)=O)C(C)C. The van der Waals surface area contributed by atoms with Crippen LogP contribution in [0.1, 0.15) is 71.9 Å². The molecule has 0 saturated carbocycles. The Kier molecular flexibility index (Phi) is 18.8. The van der Waals surface area contributed by atoms with Crippen molar-refractivity contribution in [2.75, 3.05) is 6.54 Å². The van der Waals surface area contributed by atoms with Crippen LogP contribution in [0.2, 0.25) is 0 Å². The quantitative estimate of drug-likeness (QED) is 0.0726. The first kappa shape index (κ1) is 48.1. The molecule has 0 unspecified atom stereocenters. The molecule has 58 heavy (non-hydrogen) atoms. The molecule has 2 rings (SSSR count). The van der Waals surface area contributed by atoms with Gasteiger partial charge in [-0.15, -0.1) is 0 Å². The predicted molar refractivity (Wildman–Crippen MR) is 213 cm³/mol. The highest BCUT2D eigenvalue weighted by Gasteiger charge is 2.38. The maximum Gasteiger partial charge on any atom is 0.305 e. The number of nitrogens with one attached hydrogen (secondary N) is 6. The zero-order chi connectivity index (χ0) is 43.9. The van der Waals surface area contributed by atoms with Crippen molar-refractivity contribution in [1.82, 2.24) is 31.9 Å². The average Bonchev–Trinajstić information content (AvgIpc) is 3.14. The number of aromatic hydroxyl groups is 1. The van der Waals surface area contributed by atoms with Crippen LogP contribution in [0.3, 0.4) is 0 Å². The van der Waals surface area contributed by atoms with Crippen molar-refractivity contribution < 1.29 is 48.6 Å². The average molecular weight is 811 g/mol. The summed E-state index contributed by atoms with van der Waals surface area (Å²) in [5.74, 6) is -9.15. The van der Waals surface area contributed by atoms with Crippen molar-refractivity contribution >= 4 is 47.3 Å². The fraction of sp³-hybridized carbons (Fsp3) is 0.500. The van der Waals surface area contributed by atoms with Crippen molar-refractivity contribution in [3.63, 3.8) is 0 Å². The second-order valence-electron chi connectivity index (χ2n) is 15.2. The number of phenols is 1. The lowest BCUT2D eigenvalue weighted by Crippen LogP contribution is -2.61. The first-order valence-electron chi connectivity index (χ1n) is 19.0. The molecule has 0 aliphatic carbocycles. The molecule has 2 aromatic carbocycles. The second-order valence-corrected chi connectivity index (χ2v) is 15.2. The summed E-state index contributed by atoms with van der Waals surface area (Å²) in [5, 5.41) is 34.4. The highest BCUT2D eigenvalue weighted by Crippen LogP contribution is 2.28. The molecule has 0 heterocycles. The molecule has 0 spiro atoms. The minimum Gasteiger partial charge on any atom is -0.508 e. The van der Waals surface area contributed by atoms with Crippen LogP contribution in [0.15, 0.2) is 54.6 Å². The molecule has 12 N–H and O–H groups in total. The number of primary amides is 1. The van der Waals surface area contributed by atoms with Crippen LogP contribution in [-0.2, 0) is 44.8 Å². The monoisotopic (exact) mass is 810 g/mol. The minimum absolute atomic E-state index is 0.0425. The molecule has 2 aromatic rings. The Morgan fingerprint density at radius 2 is 1.12 bits per heavy atom. The fourth-order valence-corrected chi connectivity index (χ4v) is 6.10. The van der Waals surface area contributed by atoms with E-state index in [4.69, 9.17) is 11.5 Å². The van der Waals surface area contributed by atoms with E-state index in [-0.39, 0.29) is 18.1 Å². The van der Waals surface area contributed by atoms with Crippen LogP contribution in [0, 0.1) is 17.8 Å². The third-order valence-electron chi connectivity index (χ3n) is 9.27. The van der Waals surface area contributed by atoms with Crippen molar-refractivity contribution in [1.29, 1.82) is 0 Å². The number of rotatable bonds is 22. The predicted octanol–water partition coefficient (Wildman–Crippen LogP) is -0.466. The Labute approximate surface area is 338 Å². The molecule has 18 nitrogen and oxygen atoms in total. The lowest BCUT2D eigenvalue weighted by molar-refractivity contribution is -0.142. The Bertz CT molecular complexity index is 1750. The fourth-order valence-electron chi connectivity index (χ4n) is 6.10. The third-order valence-corrected chi connectivity index (χ3v) is 9.27. The van der Waals surface area contributed by atoms with E-state index < -0.39 is 114 Å². The minimum atomic E-state index is -1.74. The first-order chi connectivity index (χ1) is 27.1. The van der Waals surface area contributed by atoms with Gasteiger partial charge in [0.15, 0.2) is 0 Å². The van der Waals surface area contributed by atoms with E-state index in [1.54, 1.807) is 70.2 Å². The van der Waals surface area contributed by atoms with E-state index in [1.165, 1.54) is 19.1 Å². The van der Waals surface area contributed by atoms with Crippen LogP contribution in [0.25, 0.3) is 0 Å². The lowest BCUT2D eigenvalue weighted by Gasteiger charge is -2.33. The highest BCUT2D eigenvalue weighted by molar-refractivity contribution is 5.98. The Morgan fingerprint density at radius 3 is 1.64 bits per heavy atom. The zero-order valence-electron chi connectivity index (χ0n) is 33.9. The van der Waals surface area contributed by atoms with Gasteiger partial charge in [0, 0.05) is 5.92 Å². The zero-order valence-corrected chi connectivity index (χ0v) is 33.9. The number of amides is 7. The number of nitrogens with two attached hydrogens (primary N) is 2. The molecule has 0 aliphatic heterocycles. The smallest absolute Gasteiger partial charge is 0.305 e. The van der Waals surface area contributed by atoms with E-state index in [0.29, 0.717) is 11.1 Å². The van der Waals surface area contributed by atoms with E-state index in [0.717, 1.165) is 0 Å². The van der Waals surface area contributed by atoms with Gasteiger partial charge >= 0.3 is 5.97 Å². The molecule has 0 bridgehead atoms. The summed E-state index contributed by atoms with van der Waals surface area (Å²) in [4.78, 5) is 104. The number of hydrogen-bond acceptors (Lipinski definition) is 10. The van der Waals surface area contributed by atoms with Gasteiger partial charge in [-0.2, -0.15) is 0 Å². The number of carbonyl (C=O) groups is 8. The Balaban J connectivity index is 2.37. The largest absolute Gasteiger partial charge is 0.508 e. The molecule has 0 radical (unpaired) electrons. The van der Waals surface area contributed by atoms with E-state index >= 15 is 0 Å². The number of carbonyl (C=O) groups excluding carboxylic acids is 7. The van der Waals surface area contributed by atoms with Gasteiger partial charge < -0.3 is 53.6 Å². The molecular weight excluding hydrogens is 752 g/mol. The van der Waals surface area contributed by atoms with Gasteiger partial charge in [-0.3, -0.25) is 38.4 Å². The van der Waals surface area contributed by atoms with Crippen LogP contribution in [0.4, 0.5) is 0 Å². The van der Waals surface area contributed by atoms with Crippen molar-refractivity contribution in [2.45, 2.75) is 103 Å². The van der Waals surface area contributed by atoms with Crippen LogP contribution in [-0.4, -0.2) is 100 Å². The van der Waals surface area contributed by atoms with Gasteiger partial charge in [-0.25, -0.2) is 0 Å². The van der Waals surface area contributed by atoms with Crippen molar-refractivity contribution in [3.8, 4) is 5.75 Å². The van der Waals surface area contributed by atoms with Gasteiger partial charge in [0.2, 0.25) is 41.4 Å². The summed E-state index contributed by atoms with van der Waals surface area (Å²) in [7, 11) is 0. The summed E-state index contributed by atoms with van der Waals surface area (Å²) >= 11 is 0. The van der Waals surface area contributed by atoms with E-state index in [9.17, 15) is 48.6 Å². The van der Waals surface area contributed by atoms with Gasteiger partial charge in [0.1, 0.15) is 36.0 Å². The highest BCUT2D eigenvalue weighted by atomic mass is 16.4. The first-order valence-corrected chi connectivity index (χ1v) is 19.0. The summed E-state index contributed by atoms with van der Waals surface area (Å²) in [6, 6.07) is 7.00. The van der Waals surface area contributed by atoms with Gasteiger partial charge in [0.25, 0.3) is 0 Å². The van der Waals surface area contributed by atoms with Crippen LogP contribution < -0.4 is 43.4 Å². The number of aliphatic carboxylic acids is 1. The molecular formula is C40H58N8O10. The van der Waals surface area contributed by atoms with Crippen molar-refractivity contribution in [2.24, 2.45) is 29.2 Å². The molecule has 7 amide bonds. The maximum absolute atomic E-state index is 14.3. The van der Waals surface area contributed by atoms with Crippen LogP contribution >= 0.6 is 0 Å². The molecule has 18 heteroatoms. The summed E-state index contributed by atoms with van der Waals surface area (Å²) in [6.45, 7) is 11.0. The van der Waals surface area contributed by atoms with E-state index in [2.05, 4.69) is 31.9 Å². The molecule has 318 valence electrons. The lowest BCUT2D eigenvalue weighted by atomic mass is 9.81. The summed E-state index contributed by atoms with van der Waals surface area (Å²) < 4.78 is 0. The summed E-state index contributed by atoms with van der Waals surface area (Å²) in [6.07, 6.45) is -0.802. The molecule has 0 saturated heterocycles. The molecule has 0 aromatic heterocycles. The van der Waals surface area contributed by atoms with E-state index in [1.807, 2.05) is 13.8 Å². The number of carboxylic acid groups (broad SMARTS) is 1. The number of carboxylic acids is 1. The second kappa shape index (κ2) is 22.6. The molecule has 7 atom stereocenters. The topological polar surface area (TPSA) is 301 Å². The van der Waals surface area contributed by atoms with Gasteiger partial charge in [0.05, 0.1) is 19.0 Å². The standard InChI is InChI=1S/C40H58N8O10/c1-20(2)31(25-11-9-8-10-12-25)34(48-35(53)23(7)44-36(54)27(41)17-24-13-15-26(49)16-14-24)40(58)45-28(18-30(51)52)37(55)46-33(22(5)6)39(57)47-32(21(3)4)38(56)43-19-29(42)50/h8-16,20-23,27-28,31-34,49H,17-19,41H2,1-7H3,(H2,42,50)(H,43,56)(H,44,54)(H,45,58)(H,46,55)(H,47,57)(H,48,53)(H,51,52)/t23-,27+,28+,31+,32+,33+,34-/m1/s1. The third kappa shape index (κ3) is 15.1. The van der Waals surface area contributed by atoms with Gasteiger partial charge in [-0.1, -0.05) is 84.0 Å². The number of phenolic OH excluding ortho intramolecular Hbond substituents is 1. The molecule has 0 aliphatic rings. The number of benzene rings is 2. The Morgan fingerprint density at radius 1 is 0.603 bits per heavy atom. The normalized spacial score (nSPS) is 14.8. The van der Waals surface area contributed by atoms with Crippen molar-refractivity contribution in [3.05, 3.63) is 65.7 Å². The molecule has 0 fully saturated rings.